The zero-order valence-electron chi connectivity index (χ0n) is 10.4. The maximum absolute atomic E-state index is 12.6. The van der Waals surface area contributed by atoms with Crippen LogP contribution >= 0.6 is 15.9 Å². The van der Waals surface area contributed by atoms with Crippen molar-refractivity contribution in [1.82, 2.24) is 4.31 Å². The monoisotopic (exact) mass is 348 g/mol. The number of aliphatic hydroxyl groups is 1. The predicted molar refractivity (Wildman–Crippen MR) is 77.1 cm³/mol. The van der Waals surface area contributed by atoms with Crippen molar-refractivity contribution in [1.29, 1.82) is 0 Å². The first-order valence-corrected chi connectivity index (χ1v) is 8.34. The highest BCUT2D eigenvalue weighted by Crippen LogP contribution is 2.29. The molecule has 0 bridgehead atoms. The summed E-state index contributed by atoms with van der Waals surface area (Å²) < 4.78 is 27.1. The number of rotatable bonds is 3. The van der Waals surface area contributed by atoms with Gasteiger partial charge in [-0.2, -0.15) is 4.31 Å². The fourth-order valence-electron chi connectivity index (χ4n) is 2.25. The molecule has 3 N–H and O–H groups in total. The van der Waals surface area contributed by atoms with E-state index in [-0.39, 0.29) is 17.4 Å². The van der Waals surface area contributed by atoms with Crippen LogP contribution in [0.25, 0.3) is 0 Å². The van der Waals surface area contributed by atoms with Gasteiger partial charge in [0.1, 0.15) is 0 Å². The number of halogens is 1. The normalized spacial score (nSPS) is 21.5. The second-order valence-electron chi connectivity index (χ2n) is 4.74. The summed E-state index contributed by atoms with van der Waals surface area (Å²) >= 11 is 3.25. The van der Waals surface area contributed by atoms with Crippen LogP contribution in [0.4, 0.5) is 5.69 Å². The highest BCUT2D eigenvalue weighted by molar-refractivity contribution is 9.10. The number of nitrogens with zero attached hydrogens (tertiary/aromatic N) is 1. The van der Waals surface area contributed by atoms with Crippen molar-refractivity contribution in [2.24, 2.45) is 5.92 Å². The molecular weight excluding hydrogens is 332 g/mol. The molecule has 0 spiro atoms. The minimum absolute atomic E-state index is 0.0170. The van der Waals surface area contributed by atoms with E-state index in [0.29, 0.717) is 23.2 Å². The molecule has 1 unspecified atom stereocenters. The Labute approximate surface area is 121 Å². The van der Waals surface area contributed by atoms with E-state index in [1.165, 1.54) is 10.4 Å². The van der Waals surface area contributed by atoms with Gasteiger partial charge in [0.25, 0.3) is 0 Å². The molecule has 5 nitrogen and oxygen atoms in total. The van der Waals surface area contributed by atoms with Gasteiger partial charge in [-0.15, -0.1) is 0 Å². The van der Waals surface area contributed by atoms with E-state index in [0.717, 1.165) is 12.8 Å². The first-order chi connectivity index (χ1) is 8.95. The highest BCUT2D eigenvalue weighted by Gasteiger charge is 2.31. The van der Waals surface area contributed by atoms with Crippen molar-refractivity contribution < 1.29 is 13.5 Å². The number of nitrogens with two attached hydrogens (primary N) is 1. The predicted octanol–water partition coefficient (Wildman–Crippen LogP) is 1.42. The maximum atomic E-state index is 12.6. The molecule has 1 aliphatic heterocycles. The number of anilines is 1. The fraction of sp³-hybridized carbons (Fsp3) is 0.500. The molecule has 1 aromatic rings. The minimum atomic E-state index is -3.56. The summed E-state index contributed by atoms with van der Waals surface area (Å²) in [6.07, 6.45) is 1.63. The summed E-state index contributed by atoms with van der Waals surface area (Å²) in [6.45, 7) is 0.865. The quantitative estimate of drug-likeness (QED) is 0.809. The van der Waals surface area contributed by atoms with Crippen LogP contribution in [0.2, 0.25) is 0 Å². The van der Waals surface area contributed by atoms with Gasteiger partial charge < -0.3 is 10.8 Å². The van der Waals surface area contributed by atoms with Crippen LogP contribution in [0.15, 0.2) is 27.6 Å². The summed E-state index contributed by atoms with van der Waals surface area (Å²) in [7, 11) is -3.56. The van der Waals surface area contributed by atoms with E-state index in [4.69, 9.17) is 5.73 Å². The third kappa shape index (κ3) is 3.10. The van der Waals surface area contributed by atoms with Crippen LogP contribution in [0, 0.1) is 5.92 Å². The summed E-state index contributed by atoms with van der Waals surface area (Å²) in [5, 5.41) is 9.19. The number of hydrogen-bond acceptors (Lipinski definition) is 4. The number of nitrogen functional groups attached to an aromatic ring is 1. The smallest absolute Gasteiger partial charge is 0.244 e. The van der Waals surface area contributed by atoms with E-state index >= 15 is 0 Å². The number of benzene rings is 1. The Morgan fingerprint density at radius 3 is 2.89 bits per heavy atom. The van der Waals surface area contributed by atoms with Crippen molar-refractivity contribution in [3.63, 3.8) is 0 Å². The lowest BCUT2D eigenvalue weighted by Crippen LogP contribution is -2.41. The molecule has 1 saturated heterocycles. The van der Waals surface area contributed by atoms with Crippen molar-refractivity contribution in [3.05, 3.63) is 22.7 Å². The molecule has 1 fully saturated rings. The van der Waals surface area contributed by atoms with Gasteiger partial charge in [0.15, 0.2) is 0 Å². The van der Waals surface area contributed by atoms with Crippen LogP contribution in [-0.2, 0) is 10.0 Å². The first kappa shape index (κ1) is 14.8. The fourth-order valence-corrected chi connectivity index (χ4v) is 4.77. The largest absolute Gasteiger partial charge is 0.399 e. The van der Waals surface area contributed by atoms with Gasteiger partial charge in [0.05, 0.1) is 4.90 Å². The Morgan fingerprint density at radius 2 is 2.21 bits per heavy atom. The number of sulfonamides is 1. The van der Waals surface area contributed by atoms with Crippen molar-refractivity contribution >= 4 is 31.6 Å². The van der Waals surface area contributed by atoms with Gasteiger partial charge in [-0.05, 0) is 52.9 Å². The first-order valence-electron chi connectivity index (χ1n) is 6.11. The molecule has 19 heavy (non-hydrogen) atoms. The molecule has 1 aliphatic rings. The van der Waals surface area contributed by atoms with Crippen molar-refractivity contribution in [3.8, 4) is 0 Å². The molecule has 1 atom stereocenters. The molecule has 0 saturated carbocycles. The van der Waals surface area contributed by atoms with E-state index < -0.39 is 10.0 Å². The second kappa shape index (κ2) is 5.78. The average Bonchev–Trinajstić information content (AvgIpc) is 2.41. The Kier molecular flexibility index (Phi) is 4.50. The molecule has 0 radical (unpaired) electrons. The van der Waals surface area contributed by atoms with Crippen LogP contribution in [-0.4, -0.2) is 37.5 Å². The summed E-state index contributed by atoms with van der Waals surface area (Å²) in [5.41, 5.74) is 6.08. The highest BCUT2D eigenvalue weighted by atomic mass is 79.9. The third-order valence-electron chi connectivity index (χ3n) is 3.31. The van der Waals surface area contributed by atoms with Gasteiger partial charge in [0, 0.05) is 29.9 Å². The van der Waals surface area contributed by atoms with Crippen LogP contribution < -0.4 is 5.73 Å². The van der Waals surface area contributed by atoms with Crippen LogP contribution in [0.3, 0.4) is 0 Å². The van der Waals surface area contributed by atoms with Crippen LogP contribution in [0.5, 0.6) is 0 Å². The molecule has 106 valence electrons. The second-order valence-corrected chi connectivity index (χ2v) is 7.50. The number of hydrogen-bond donors (Lipinski definition) is 2. The minimum Gasteiger partial charge on any atom is -0.399 e. The van der Waals surface area contributed by atoms with Gasteiger partial charge in [-0.25, -0.2) is 8.42 Å². The zero-order valence-corrected chi connectivity index (χ0v) is 12.8. The Balaban J connectivity index is 2.34. The topological polar surface area (TPSA) is 83.6 Å². The van der Waals surface area contributed by atoms with Gasteiger partial charge >= 0.3 is 0 Å². The van der Waals surface area contributed by atoms with Crippen LogP contribution in [0.1, 0.15) is 12.8 Å². The van der Waals surface area contributed by atoms with Gasteiger partial charge in [-0.3, -0.25) is 0 Å². The van der Waals surface area contributed by atoms with Gasteiger partial charge in [-0.1, -0.05) is 0 Å². The molecule has 0 aromatic heterocycles. The number of aliphatic hydroxyl groups excluding tert-OH is 1. The molecule has 1 aromatic carbocycles. The van der Waals surface area contributed by atoms with E-state index in [2.05, 4.69) is 15.9 Å². The van der Waals surface area contributed by atoms with Crippen molar-refractivity contribution in [2.75, 3.05) is 25.4 Å². The Bertz CT molecular complexity index is 562. The molecule has 0 aliphatic carbocycles. The molecule has 0 amide bonds. The Morgan fingerprint density at radius 1 is 1.47 bits per heavy atom. The van der Waals surface area contributed by atoms with E-state index in [9.17, 15) is 13.5 Å². The lowest BCUT2D eigenvalue weighted by Gasteiger charge is -2.31. The molecular formula is C12H17BrN2O3S. The van der Waals surface area contributed by atoms with Crippen molar-refractivity contribution in [2.45, 2.75) is 17.7 Å². The van der Waals surface area contributed by atoms with E-state index in [1.54, 1.807) is 12.1 Å². The maximum Gasteiger partial charge on any atom is 0.244 e. The third-order valence-corrected chi connectivity index (χ3v) is 6.17. The average molecular weight is 349 g/mol. The lowest BCUT2D eigenvalue weighted by molar-refractivity contribution is 0.165. The molecule has 2 rings (SSSR count). The van der Waals surface area contributed by atoms with Gasteiger partial charge in [0.2, 0.25) is 10.0 Å². The SMILES string of the molecule is Nc1ccc(Br)c(S(=O)(=O)N2CCCC(CO)C2)c1. The Hall–Kier alpha value is -0.630. The molecule has 7 heteroatoms. The molecule has 1 heterocycles. The summed E-state index contributed by atoms with van der Waals surface area (Å²) in [4.78, 5) is 0.186. The number of piperidine rings is 1. The lowest BCUT2D eigenvalue weighted by atomic mass is 10.0. The van der Waals surface area contributed by atoms with E-state index in [1.807, 2.05) is 0 Å². The summed E-state index contributed by atoms with van der Waals surface area (Å²) in [6, 6.07) is 4.74. The standard InChI is InChI=1S/C12H17BrN2O3S/c13-11-4-3-10(14)6-12(11)19(17,18)15-5-1-2-9(7-15)8-16/h3-4,6,9,16H,1-2,5,7-8,14H2. The zero-order chi connectivity index (χ0) is 14.0. The summed E-state index contributed by atoms with van der Waals surface area (Å²) in [5.74, 6) is 0.0170.